The molecule has 0 bridgehead atoms. The first-order valence-electron chi connectivity index (χ1n) is 8.23. The molecule has 0 aliphatic carbocycles. The van der Waals surface area contributed by atoms with Gasteiger partial charge in [0.1, 0.15) is 0 Å². The molecule has 0 saturated carbocycles. The fraction of sp³-hybridized carbons (Fsp3) is 0.444. The van der Waals surface area contributed by atoms with Crippen LogP contribution in [0.4, 0.5) is 4.79 Å². The van der Waals surface area contributed by atoms with E-state index in [4.69, 9.17) is 9.47 Å². The molecule has 0 aliphatic rings. The van der Waals surface area contributed by atoms with Crippen molar-refractivity contribution in [3.05, 3.63) is 42.2 Å². The van der Waals surface area contributed by atoms with Crippen LogP contribution in [-0.2, 0) is 13.0 Å². The number of methoxy groups -OCH3 is 2. The number of nitrogens with one attached hydrogen (secondary N) is 1. The molecule has 7 heteroatoms. The zero-order chi connectivity index (χ0) is 18.2. The van der Waals surface area contributed by atoms with E-state index in [0.717, 1.165) is 12.0 Å². The minimum Gasteiger partial charge on any atom is -0.493 e. The van der Waals surface area contributed by atoms with E-state index in [1.807, 2.05) is 37.4 Å². The fourth-order valence-electron chi connectivity index (χ4n) is 2.49. The van der Waals surface area contributed by atoms with Crippen molar-refractivity contribution in [2.24, 2.45) is 0 Å². The lowest BCUT2D eigenvalue weighted by Gasteiger charge is -2.21. The van der Waals surface area contributed by atoms with Crippen LogP contribution >= 0.6 is 0 Å². The standard InChI is InChI=1S/C18H26N4O3/c1-14(13-22-10-5-9-19-22)20-18(23)21(2)11-8-15-6-7-16(24-3)17(12-15)25-4/h5-7,9-10,12,14H,8,11,13H2,1-4H3,(H,20,23). The maximum Gasteiger partial charge on any atom is 0.317 e. The minimum absolute atomic E-state index is 0.00377. The highest BCUT2D eigenvalue weighted by Crippen LogP contribution is 2.27. The van der Waals surface area contributed by atoms with Crippen LogP contribution < -0.4 is 14.8 Å². The Morgan fingerprint density at radius 2 is 2.08 bits per heavy atom. The smallest absolute Gasteiger partial charge is 0.317 e. The maximum absolute atomic E-state index is 12.3. The summed E-state index contributed by atoms with van der Waals surface area (Å²) in [6.45, 7) is 3.21. The Morgan fingerprint density at radius 3 is 2.72 bits per heavy atom. The number of rotatable bonds is 8. The lowest BCUT2D eigenvalue weighted by Crippen LogP contribution is -2.44. The Kier molecular flexibility index (Phi) is 6.68. The average Bonchev–Trinajstić information content (AvgIpc) is 3.11. The van der Waals surface area contributed by atoms with Gasteiger partial charge >= 0.3 is 6.03 Å². The molecular weight excluding hydrogens is 320 g/mol. The van der Waals surface area contributed by atoms with Crippen molar-refractivity contribution in [3.8, 4) is 11.5 Å². The van der Waals surface area contributed by atoms with E-state index in [1.54, 1.807) is 37.0 Å². The first-order chi connectivity index (χ1) is 12.0. The van der Waals surface area contributed by atoms with Gasteiger partial charge in [0, 0.05) is 32.0 Å². The van der Waals surface area contributed by atoms with E-state index in [-0.39, 0.29) is 12.1 Å². The number of hydrogen-bond donors (Lipinski definition) is 1. The summed E-state index contributed by atoms with van der Waals surface area (Å²) in [5.41, 5.74) is 1.09. The van der Waals surface area contributed by atoms with Gasteiger partial charge in [0.05, 0.1) is 20.8 Å². The molecule has 0 spiro atoms. The van der Waals surface area contributed by atoms with Crippen LogP contribution in [0.2, 0.25) is 0 Å². The molecule has 1 N–H and O–H groups in total. The number of carbonyl (C=O) groups excluding carboxylic acids is 1. The molecule has 2 aromatic rings. The second kappa shape index (κ2) is 8.96. The number of nitrogens with zero attached hydrogens (tertiary/aromatic N) is 3. The van der Waals surface area contributed by atoms with Crippen LogP contribution in [0, 0.1) is 0 Å². The maximum atomic E-state index is 12.3. The molecule has 2 amide bonds. The minimum atomic E-state index is -0.0971. The van der Waals surface area contributed by atoms with Gasteiger partial charge in [-0.25, -0.2) is 4.79 Å². The second-order valence-electron chi connectivity index (χ2n) is 5.94. The third-order valence-electron chi connectivity index (χ3n) is 3.92. The number of benzene rings is 1. The third kappa shape index (κ3) is 5.41. The molecule has 2 rings (SSSR count). The van der Waals surface area contributed by atoms with Crippen molar-refractivity contribution in [2.75, 3.05) is 27.8 Å². The van der Waals surface area contributed by atoms with Gasteiger partial charge in [-0.05, 0) is 37.1 Å². The Balaban J connectivity index is 1.82. The number of likely N-dealkylation sites (N-methyl/N-ethyl adjacent to an activating group) is 1. The first kappa shape index (κ1) is 18.6. The molecule has 1 aromatic heterocycles. The summed E-state index contributed by atoms with van der Waals surface area (Å²) in [5.74, 6) is 1.39. The van der Waals surface area contributed by atoms with Crippen molar-refractivity contribution >= 4 is 6.03 Å². The van der Waals surface area contributed by atoms with Crippen LogP contribution in [0.1, 0.15) is 12.5 Å². The molecule has 0 radical (unpaired) electrons. The Labute approximate surface area is 148 Å². The summed E-state index contributed by atoms with van der Waals surface area (Å²) >= 11 is 0. The number of carbonyl (C=O) groups is 1. The van der Waals surface area contributed by atoms with Crippen LogP contribution in [-0.4, -0.2) is 54.6 Å². The molecule has 0 aliphatic heterocycles. The molecular formula is C18H26N4O3. The van der Waals surface area contributed by atoms with Crippen LogP contribution in [0.5, 0.6) is 11.5 Å². The number of ether oxygens (including phenoxy) is 2. The van der Waals surface area contributed by atoms with Crippen molar-refractivity contribution < 1.29 is 14.3 Å². The monoisotopic (exact) mass is 346 g/mol. The second-order valence-corrected chi connectivity index (χ2v) is 5.94. The van der Waals surface area contributed by atoms with E-state index >= 15 is 0 Å². The number of hydrogen-bond acceptors (Lipinski definition) is 4. The predicted molar refractivity (Wildman–Crippen MR) is 96.1 cm³/mol. The fourth-order valence-corrected chi connectivity index (χ4v) is 2.49. The topological polar surface area (TPSA) is 68.6 Å². The summed E-state index contributed by atoms with van der Waals surface area (Å²) in [5, 5.41) is 7.12. The molecule has 1 heterocycles. The van der Waals surface area contributed by atoms with Gasteiger partial charge in [-0.2, -0.15) is 5.10 Å². The highest BCUT2D eigenvalue weighted by Gasteiger charge is 2.13. The Hall–Kier alpha value is -2.70. The zero-order valence-corrected chi connectivity index (χ0v) is 15.2. The average molecular weight is 346 g/mol. The van der Waals surface area contributed by atoms with Gasteiger partial charge in [-0.1, -0.05) is 6.07 Å². The van der Waals surface area contributed by atoms with E-state index in [0.29, 0.717) is 24.6 Å². The summed E-state index contributed by atoms with van der Waals surface area (Å²) < 4.78 is 12.3. The molecule has 25 heavy (non-hydrogen) atoms. The van der Waals surface area contributed by atoms with Crippen LogP contribution in [0.3, 0.4) is 0 Å². The highest BCUT2D eigenvalue weighted by molar-refractivity contribution is 5.74. The van der Waals surface area contributed by atoms with Crippen molar-refractivity contribution in [1.29, 1.82) is 0 Å². The molecule has 1 unspecified atom stereocenters. The molecule has 1 aromatic carbocycles. The van der Waals surface area contributed by atoms with Gasteiger partial charge in [0.15, 0.2) is 11.5 Å². The van der Waals surface area contributed by atoms with E-state index in [1.165, 1.54) is 0 Å². The van der Waals surface area contributed by atoms with Crippen molar-refractivity contribution in [1.82, 2.24) is 20.0 Å². The lowest BCUT2D eigenvalue weighted by molar-refractivity contribution is 0.204. The molecule has 0 saturated heterocycles. The van der Waals surface area contributed by atoms with Gasteiger partial charge in [0.25, 0.3) is 0 Å². The third-order valence-corrected chi connectivity index (χ3v) is 3.92. The summed E-state index contributed by atoms with van der Waals surface area (Å²) in [6.07, 6.45) is 4.34. The van der Waals surface area contributed by atoms with E-state index < -0.39 is 0 Å². The molecule has 1 atom stereocenters. The Bertz CT molecular complexity index is 673. The van der Waals surface area contributed by atoms with Gasteiger partial charge in [-0.3, -0.25) is 4.68 Å². The van der Waals surface area contributed by atoms with E-state index in [2.05, 4.69) is 10.4 Å². The van der Waals surface area contributed by atoms with Gasteiger partial charge in [-0.15, -0.1) is 0 Å². The number of urea groups is 1. The van der Waals surface area contributed by atoms with Crippen molar-refractivity contribution in [2.45, 2.75) is 25.9 Å². The van der Waals surface area contributed by atoms with Crippen LogP contribution in [0.25, 0.3) is 0 Å². The first-order valence-corrected chi connectivity index (χ1v) is 8.23. The SMILES string of the molecule is COc1ccc(CCN(C)C(=O)NC(C)Cn2cccn2)cc1OC. The van der Waals surface area contributed by atoms with Crippen molar-refractivity contribution in [3.63, 3.8) is 0 Å². The van der Waals surface area contributed by atoms with Gasteiger partial charge in [0.2, 0.25) is 0 Å². The zero-order valence-electron chi connectivity index (χ0n) is 15.2. The number of amides is 2. The Morgan fingerprint density at radius 1 is 1.32 bits per heavy atom. The summed E-state index contributed by atoms with van der Waals surface area (Å²) in [6, 6.07) is 7.55. The van der Waals surface area contributed by atoms with Crippen LogP contribution in [0.15, 0.2) is 36.7 Å². The predicted octanol–water partition coefficient (Wildman–Crippen LogP) is 2.17. The largest absolute Gasteiger partial charge is 0.493 e. The molecule has 7 nitrogen and oxygen atoms in total. The summed E-state index contributed by atoms with van der Waals surface area (Å²) in [7, 11) is 5.01. The highest BCUT2D eigenvalue weighted by atomic mass is 16.5. The summed E-state index contributed by atoms with van der Waals surface area (Å²) in [4.78, 5) is 13.9. The lowest BCUT2D eigenvalue weighted by atomic mass is 10.1. The van der Waals surface area contributed by atoms with Gasteiger partial charge < -0.3 is 19.7 Å². The molecule has 0 fully saturated rings. The normalized spacial score (nSPS) is 11.7. The molecule has 136 valence electrons. The van der Waals surface area contributed by atoms with E-state index in [9.17, 15) is 4.79 Å². The quantitative estimate of drug-likeness (QED) is 0.795. The number of aromatic nitrogens is 2.